The topological polar surface area (TPSA) is 97.6 Å². The number of hydrogen-bond donors (Lipinski definition) is 2. The molecule has 43 heavy (non-hydrogen) atoms. The van der Waals surface area contributed by atoms with Gasteiger partial charge >= 0.3 is 0 Å². The molecular weight excluding hydrogens is 538 g/mol. The Morgan fingerprint density at radius 2 is 1.51 bits per heavy atom. The molecule has 0 fully saturated rings. The van der Waals surface area contributed by atoms with E-state index >= 15 is 0 Å². The summed E-state index contributed by atoms with van der Waals surface area (Å²) >= 11 is 0. The number of aromatic nitrogens is 2. The van der Waals surface area contributed by atoms with E-state index in [1.807, 2.05) is 91.1 Å². The highest BCUT2D eigenvalue weighted by molar-refractivity contribution is 5.90. The lowest BCUT2D eigenvalue weighted by Gasteiger charge is -2.07. The van der Waals surface area contributed by atoms with Crippen molar-refractivity contribution < 1.29 is 14.3 Å². The number of unbranched alkanes of at least 4 members (excludes halogenated alkanes) is 6. The van der Waals surface area contributed by atoms with Crippen LogP contribution in [0.1, 0.15) is 69.4 Å². The van der Waals surface area contributed by atoms with Crippen LogP contribution in [0.4, 0.5) is 0 Å². The number of hydrazone groups is 1. The zero-order chi connectivity index (χ0) is 30.1. The molecule has 3 aromatic carbocycles. The van der Waals surface area contributed by atoms with Gasteiger partial charge in [-0.3, -0.25) is 9.59 Å². The lowest BCUT2D eigenvalue weighted by Crippen LogP contribution is -2.34. The quantitative estimate of drug-likeness (QED) is 0.0814. The van der Waals surface area contributed by atoms with Crippen molar-refractivity contribution >= 4 is 18.0 Å². The first-order valence-electron chi connectivity index (χ1n) is 15.1. The fourth-order valence-electron chi connectivity index (χ4n) is 4.59. The molecule has 0 bridgehead atoms. The van der Waals surface area contributed by atoms with Gasteiger partial charge in [0.1, 0.15) is 18.1 Å². The second-order valence-electron chi connectivity index (χ2n) is 10.5. The third kappa shape index (κ3) is 10.6. The standard InChI is InChI=1S/C35H41N5O3/c1-2-3-4-5-6-7-14-19-33(41)36-25-34(42)38-37-24-30-26-40(31-17-12-9-13-18-31)39-35(30)29-20-22-32(23-21-29)43-27-28-15-10-8-11-16-28/h8-13,15-18,20-24,26H,2-7,14,19,25,27H2,1H3,(H,36,41)(H,38,42)/b37-24-. The SMILES string of the molecule is CCCCCCCCCC(=O)NCC(=O)N/N=C\c1cn(-c2ccccc2)nc1-c1ccc(OCc2ccccc2)cc1. The van der Waals surface area contributed by atoms with Crippen molar-refractivity contribution in [3.8, 4) is 22.7 Å². The Hall–Kier alpha value is -4.72. The third-order valence-corrected chi connectivity index (χ3v) is 6.99. The Bertz CT molecular complexity index is 1430. The van der Waals surface area contributed by atoms with E-state index in [2.05, 4.69) is 22.8 Å². The Labute approximate surface area is 254 Å². The van der Waals surface area contributed by atoms with Gasteiger partial charge in [-0.25, -0.2) is 10.1 Å². The third-order valence-electron chi connectivity index (χ3n) is 6.99. The molecule has 0 aliphatic rings. The fraction of sp³-hybridized carbons (Fsp3) is 0.314. The van der Waals surface area contributed by atoms with Crippen molar-refractivity contribution in [3.05, 3.63) is 102 Å². The first-order valence-corrected chi connectivity index (χ1v) is 15.1. The molecule has 8 heteroatoms. The molecule has 0 atom stereocenters. The number of rotatable bonds is 17. The molecule has 4 rings (SSSR count). The summed E-state index contributed by atoms with van der Waals surface area (Å²) in [6.45, 7) is 2.57. The first-order chi connectivity index (χ1) is 21.1. The number of nitrogens with zero attached hydrogens (tertiary/aromatic N) is 3. The van der Waals surface area contributed by atoms with Gasteiger partial charge in [0.2, 0.25) is 5.91 Å². The highest BCUT2D eigenvalue weighted by Crippen LogP contribution is 2.25. The zero-order valence-electron chi connectivity index (χ0n) is 24.9. The van der Waals surface area contributed by atoms with Gasteiger partial charge < -0.3 is 10.1 Å². The number of para-hydroxylation sites is 1. The zero-order valence-corrected chi connectivity index (χ0v) is 24.9. The van der Waals surface area contributed by atoms with Crippen LogP contribution in [-0.2, 0) is 16.2 Å². The number of carbonyl (C=O) groups excluding carboxylic acids is 2. The molecular formula is C35H41N5O3. The van der Waals surface area contributed by atoms with Crippen molar-refractivity contribution in [2.24, 2.45) is 5.10 Å². The molecule has 4 aromatic rings. The Morgan fingerprint density at radius 3 is 2.23 bits per heavy atom. The van der Waals surface area contributed by atoms with Crippen molar-refractivity contribution in [2.75, 3.05) is 6.54 Å². The summed E-state index contributed by atoms with van der Waals surface area (Å²) in [5.41, 5.74) is 6.83. The molecule has 2 N–H and O–H groups in total. The van der Waals surface area contributed by atoms with Gasteiger partial charge in [0.05, 0.1) is 18.4 Å². The van der Waals surface area contributed by atoms with E-state index in [0.29, 0.717) is 18.7 Å². The number of benzene rings is 3. The molecule has 0 radical (unpaired) electrons. The van der Waals surface area contributed by atoms with Crippen molar-refractivity contribution in [2.45, 2.75) is 64.9 Å². The van der Waals surface area contributed by atoms with Gasteiger partial charge in [-0.1, -0.05) is 94.0 Å². The van der Waals surface area contributed by atoms with E-state index in [1.54, 1.807) is 10.9 Å². The number of ether oxygens (including phenoxy) is 1. The van der Waals surface area contributed by atoms with Crippen LogP contribution in [-0.4, -0.2) is 34.4 Å². The molecule has 8 nitrogen and oxygen atoms in total. The maximum atomic E-state index is 12.3. The molecule has 1 heterocycles. The van der Waals surface area contributed by atoms with E-state index < -0.39 is 0 Å². The predicted molar refractivity (Wildman–Crippen MR) is 171 cm³/mol. The van der Waals surface area contributed by atoms with E-state index in [9.17, 15) is 9.59 Å². The van der Waals surface area contributed by atoms with Crippen molar-refractivity contribution in [1.82, 2.24) is 20.5 Å². The highest BCUT2D eigenvalue weighted by atomic mass is 16.5. The van der Waals surface area contributed by atoms with Gasteiger partial charge in [-0.05, 0) is 48.4 Å². The number of carbonyl (C=O) groups is 2. The minimum Gasteiger partial charge on any atom is -0.489 e. The van der Waals surface area contributed by atoms with E-state index in [0.717, 1.165) is 47.4 Å². The summed E-state index contributed by atoms with van der Waals surface area (Å²) in [6.07, 6.45) is 11.9. The van der Waals surface area contributed by atoms with Crippen LogP contribution in [0.5, 0.6) is 5.75 Å². The minimum absolute atomic E-state index is 0.115. The fourth-order valence-corrected chi connectivity index (χ4v) is 4.59. The van der Waals surface area contributed by atoms with Crippen molar-refractivity contribution in [1.29, 1.82) is 0 Å². The van der Waals surface area contributed by atoms with Gasteiger partial charge in [-0.2, -0.15) is 10.2 Å². The smallest absolute Gasteiger partial charge is 0.259 e. The lowest BCUT2D eigenvalue weighted by molar-refractivity contribution is -0.126. The molecule has 0 saturated carbocycles. The largest absolute Gasteiger partial charge is 0.489 e. The molecule has 0 unspecified atom stereocenters. The average Bonchev–Trinajstić information content (AvgIpc) is 3.47. The monoisotopic (exact) mass is 579 g/mol. The number of nitrogens with one attached hydrogen (secondary N) is 2. The average molecular weight is 580 g/mol. The normalized spacial score (nSPS) is 11.0. The summed E-state index contributed by atoms with van der Waals surface area (Å²) in [5, 5.41) is 11.6. The molecule has 0 aliphatic heterocycles. The summed E-state index contributed by atoms with van der Waals surface area (Å²) < 4.78 is 7.71. The van der Waals surface area contributed by atoms with Crippen molar-refractivity contribution in [3.63, 3.8) is 0 Å². The Balaban J connectivity index is 1.32. The molecule has 2 amide bonds. The number of amides is 2. The van der Waals surface area contributed by atoms with Crippen LogP contribution >= 0.6 is 0 Å². The summed E-state index contributed by atoms with van der Waals surface area (Å²) in [6, 6.07) is 27.5. The van der Waals surface area contributed by atoms with Crippen LogP contribution in [0.15, 0.2) is 96.2 Å². The van der Waals surface area contributed by atoms with Gasteiger partial charge in [0.15, 0.2) is 0 Å². The minimum atomic E-state index is -0.388. The summed E-state index contributed by atoms with van der Waals surface area (Å²) in [5.74, 6) is 0.253. The predicted octanol–water partition coefficient (Wildman–Crippen LogP) is 6.83. The highest BCUT2D eigenvalue weighted by Gasteiger charge is 2.12. The second-order valence-corrected chi connectivity index (χ2v) is 10.5. The molecule has 0 aliphatic carbocycles. The first kappa shape index (κ1) is 31.2. The van der Waals surface area contributed by atoms with Gasteiger partial charge in [0.25, 0.3) is 5.91 Å². The maximum Gasteiger partial charge on any atom is 0.259 e. The Kier molecular flexibility index (Phi) is 12.6. The van der Waals surface area contributed by atoms with E-state index in [1.165, 1.54) is 25.7 Å². The number of hydrogen-bond acceptors (Lipinski definition) is 5. The van der Waals surface area contributed by atoms with Gasteiger partial charge in [-0.15, -0.1) is 0 Å². The molecule has 0 saturated heterocycles. The van der Waals surface area contributed by atoms with Crippen LogP contribution in [0.25, 0.3) is 16.9 Å². The van der Waals surface area contributed by atoms with Crippen LogP contribution in [0, 0.1) is 0 Å². The summed E-state index contributed by atoms with van der Waals surface area (Å²) in [7, 11) is 0. The summed E-state index contributed by atoms with van der Waals surface area (Å²) in [4.78, 5) is 24.4. The van der Waals surface area contributed by atoms with Crippen LogP contribution in [0.2, 0.25) is 0 Å². The van der Waals surface area contributed by atoms with E-state index in [-0.39, 0.29) is 18.4 Å². The van der Waals surface area contributed by atoms with Gasteiger partial charge in [0, 0.05) is 23.7 Å². The molecule has 0 spiro atoms. The molecule has 224 valence electrons. The van der Waals surface area contributed by atoms with Crippen LogP contribution < -0.4 is 15.5 Å². The Morgan fingerprint density at radius 1 is 0.837 bits per heavy atom. The second kappa shape index (κ2) is 17.3. The van der Waals surface area contributed by atoms with Crippen LogP contribution in [0.3, 0.4) is 0 Å². The maximum absolute atomic E-state index is 12.3. The lowest BCUT2D eigenvalue weighted by atomic mass is 10.1. The molecule has 1 aromatic heterocycles. The van der Waals surface area contributed by atoms with E-state index in [4.69, 9.17) is 9.84 Å².